The van der Waals surface area contributed by atoms with Crippen LogP contribution in [0, 0.1) is 5.92 Å². The fourth-order valence-corrected chi connectivity index (χ4v) is 2.01. The lowest BCUT2D eigenvalue weighted by Crippen LogP contribution is -2.26. The molecule has 1 aromatic rings. The molecular weight excluding hydrogens is 258 g/mol. The third kappa shape index (κ3) is 4.02. The summed E-state index contributed by atoms with van der Waals surface area (Å²) in [7, 11) is 2.91. The molecule has 0 radical (unpaired) electrons. The van der Waals surface area contributed by atoms with E-state index < -0.39 is 12.1 Å². The van der Waals surface area contributed by atoms with Gasteiger partial charge in [-0.1, -0.05) is 13.8 Å². The van der Waals surface area contributed by atoms with Gasteiger partial charge in [-0.3, -0.25) is 0 Å². The van der Waals surface area contributed by atoms with E-state index in [9.17, 15) is 10.2 Å². The highest BCUT2D eigenvalue weighted by molar-refractivity contribution is 5.53. The molecule has 4 N–H and O–H groups in total. The summed E-state index contributed by atoms with van der Waals surface area (Å²) in [6, 6.07) is 2.71. The zero-order chi connectivity index (χ0) is 15.3. The van der Waals surface area contributed by atoms with Gasteiger partial charge in [0.15, 0.2) is 11.5 Å². The first-order valence-corrected chi connectivity index (χ1v) is 6.79. The second-order valence-electron chi connectivity index (χ2n) is 5.34. The number of methoxy groups -OCH3 is 2. The summed E-state index contributed by atoms with van der Waals surface area (Å²) in [5.41, 5.74) is 6.75. The average Bonchev–Trinajstić information content (AvgIpc) is 2.44. The summed E-state index contributed by atoms with van der Waals surface area (Å²) in [5.74, 6) is 1.01. The molecule has 0 aromatic heterocycles. The van der Waals surface area contributed by atoms with E-state index >= 15 is 0 Å². The number of nitrogens with two attached hydrogens (primary N) is 1. The first-order valence-electron chi connectivity index (χ1n) is 6.79. The van der Waals surface area contributed by atoms with Crippen molar-refractivity contribution in [3.05, 3.63) is 17.7 Å². The molecule has 0 amide bonds. The van der Waals surface area contributed by atoms with E-state index in [-0.39, 0.29) is 17.2 Å². The summed E-state index contributed by atoms with van der Waals surface area (Å²) in [6.07, 6.45) is 0.891. The van der Waals surface area contributed by atoms with Gasteiger partial charge in [-0.15, -0.1) is 0 Å². The lowest BCUT2D eigenvalue weighted by Gasteiger charge is -2.21. The van der Waals surface area contributed by atoms with Crippen LogP contribution < -0.4 is 15.2 Å². The monoisotopic (exact) mass is 283 g/mol. The second kappa shape index (κ2) is 7.36. The zero-order valence-corrected chi connectivity index (χ0v) is 12.6. The van der Waals surface area contributed by atoms with E-state index in [1.807, 2.05) is 0 Å². The molecule has 0 spiro atoms. The number of hydrogen-bond donors (Lipinski definition) is 3. The van der Waals surface area contributed by atoms with E-state index in [4.69, 9.17) is 15.2 Å². The van der Waals surface area contributed by atoms with Crippen LogP contribution in [-0.4, -0.2) is 30.5 Å². The number of phenolic OH excluding ortho intramolecular Hbond substituents is 1. The van der Waals surface area contributed by atoms with Crippen LogP contribution >= 0.6 is 0 Å². The Bertz CT molecular complexity index is 409. The zero-order valence-electron chi connectivity index (χ0n) is 12.6. The first kappa shape index (κ1) is 16.6. The smallest absolute Gasteiger partial charge is 0.200 e. The van der Waals surface area contributed by atoms with Gasteiger partial charge in [-0.05, 0) is 36.5 Å². The highest BCUT2D eigenvalue weighted by atomic mass is 16.5. The number of ether oxygens (including phenoxy) is 2. The molecule has 0 fully saturated rings. The van der Waals surface area contributed by atoms with Crippen LogP contribution in [0.2, 0.25) is 0 Å². The molecular formula is C15H25NO4. The summed E-state index contributed by atoms with van der Waals surface area (Å²) >= 11 is 0. The van der Waals surface area contributed by atoms with Crippen LogP contribution in [0.4, 0.5) is 0 Å². The molecule has 0 bridgehead atoms. The Morgan fingerprint density at radius 3 is 2.00 bits per heavy atom. The highest BCUT2D eigenvalue weighted by Gasteiger charge is 2.21. The van der Waals surface area contributed by atoms with Crippen molar-refractivity contribution in [3.8, 4) is 17.2 Å². The predicted octanol–water partition coefficient (Wildman–Crippen LogP) is 2.21. The van der Waals surface area contributed by atoms with Gasteiger partial charge in [0.2, 0.25) is 5.75 Å². The number of aliphatic hydroxyl groups excluding tert-OH is 1. The minimum Gasteiger partial charge on any atom is -0.502 e. The average molecular weight is 283 g/mol. The first-order chi connectivity index (χ1) is 9.40. The number of aliphatic hydroxyl groups is 1. The molecule has 0 aliphatic heterocycles. The van der Waals surface area contributed by atoms with Crippen LogP contribution in [0.3, 0.4) is 0 Å². The Hall–Kier alpha value is -1.46. The van der Waals surface area contributed by atoms with Gasteiger partial charge in [0.25, 0.3) is 0 Å². The lowest BCUT2D eigenvalue weighted by molar-refractivity contribution is 0.128. The Labute approximate surface area is 120 Å². The SMILES string of the molecule is COc1cc([C@H](N)[C@H](O)CCC(C)C)cc(OC)c1O. The summed E-state index contributed by atoms with van der Waals surface area (Å²) in [6.45, 7) is 4.20. The van der Waals surface area contributed by atoms with Crippen molar-refractivity contribution in [2.75, 3.05) is 14.2 Å². The molecule has 2 atom stereocenters. The molecule has 0 unspecified atom stereocenters. The van der Waals surface area contributed by atoms with Gasteiger partial charge in [0.05, 0.1) is 26.4 Å². The Morgan fingerprint density at radius 2 is 1.60 bits per heavy atom. The molecule has 0 heterocycles. The van der Waals surface area contributed by atoms with Crippen LogP contribution in [0.1, 0.15) is 38.3 Å². The van der Waals surface area contributed by atoms with Gasteiger partial charge < -0.3 is 25.4 Å². The highest BCUT2D eigenvalue weighted by Crippen LogP contribution is 2.39. The molecule has 20 heavy (non-hydrogen) atoms. The molecule has 114 valence electrons. The van der Waals surface area contributed by atoms with Crippen molar-refractivity contribution < 1.29 is 19.7 Å². The quantitative estimate of drug-likeness (QED) is 0.714. The van der Waals surface area contributed by atoms with Crippen molar-refractivity contribution >= 4 is 0 Å². The van der Waals surface area contributed by atoms with Gasteiger partial charge in [-0.25, -0.2) is 0 Å². The van der Waals surface area contributed by atoms with E-state index in [0.717, 1.165) is 6.42 Å². The fourth-order valence-electron chi connectivity index (χ4n) is 2.01. The largest absolute Gasteiger partial charge is 0.502 e. The third-order valence-corrected chi connectivity index (χ3v) is 3.34. The van der Waals surface area contributed by atoms with E-state index in [0.29, 0.717) is 17.9 Å². The molecule has 0 aliphatic rings. The summed E-state index contributed by atoms with van der Waals surface area (Å²) in [4.78, 5) is 0. The fraction of sp³-hybridized carbons (Fsp3) is 0.600. The van der Waals surface area contributed by atoms with E-state index in [2.05, 4.69) is 13.8 Å². The van der Waals surface area contributed by atoms with Crippen molar-refractivity contribution in [1.29, 1.82) is 0 Å². The van der Waals surface area contributed by atoms with Crippen LogP contribution in [0.5, 0.6) is 17.2 Å². The standard InChI is InChI=1S/C15H25NO4/c1-9(2)5-6-11(17)14(16)10-7-12(19-3)15(18)13(8-10)20-4/h7-9,11,14,17-18H,5-6,16H2,1-4H3/t11-,14+/m1/s1. The maximum atomic E-state index is 10.1. The lowest BCUT2D eigenvalue weighted by atomic mass is 9.95. The van der Waals surface area contributed by atoms with Gasteiger partial charge >= 0.3 is 0 Å². The van der Waals surface area contributed by atoms with Crippen LogP contribution in [0.25, 0.3) is 0 Å². The van der Waals surface area contributed by atoms with Crippen molar-refractivity contribution in [2.24, 2.45) is 11.7 Å². The minimum absolute atomic E-state index is 0.0670. The Morgan fingerprint density at radius 1 is 1.10 bits per heavy atom. The normalized spacial score (nSPS) is 14.2. The Balaban J connectivity index is 2.94. The number of benzene rings is 1. The van der Waals surface area contributed by atoms with Gasteiger partial charge in [0.1, 0.15) is 0 Å². The molecule has 0 aliphatic carbocycles. The van der Waals surface area contributed by atoms with E-state index in [1.165, 1.54) is 14.2 Å². The van der Waals surface area contributed by atoms with Gasteiger partial charge in [0, 0.05) is 0 Å². The maximum Gasteiger partial charge on any atom is 0.200 e. The van der Waals surface area contributed by atoms with Gasteiger partial charge in [-0.2, -0.15) is 0 Å². The molecule has 5 nitrogen and oxygen atoms in total. The predicted molar refractivity (Wildman–Crippen MR) is 78.2 cm³/mol. The topological polar surface area (TPSA) is 84.9 Å². The second-order valence-corrected chi connectivity index (χ2v) is 5.34. The van der Waals surface area contributed by atoms with Crippen molar-refractivity contribution in [3.63, 3.8) is 0 Å². The van der Waals surface area contributed by atoms with E-state index in [1.54, 1.807) is 12.1 Å². The number of rotatable bonds is 7. The van der Waals surface area contributed by atoms with Crippen molar-refractivity contribution in [2.45, 2.75) is 38.8 Å². The summed E-state index contributed by atoms with van der Waals surface area (Å²) < 4.78 is 10.2. The van der Waals surface area contributed by atoms with Crippen molar-refractivity contribution in [1.82, 2.24) is 0 Å². The molecule has 0 saturated carbocycles. The molecule has 0 saturated heterocycles. The number of phenols is 1. The summed E-state index contributed by atoms with van der Waals surface area (Å²) in [5, 5.41) is 20.0. The van der Waals surface area contributed by atoms with Crippen LogP contribution in [0.15, 0.2) is 12.1 Å². The molecule has 5 heteroatoms. The third-order valence-electron chi connectivity index (χ3n) is 3.34. The minimum atomic E-state index is -0.642. The molecule has 1 rings (SSSR count). The van der Waals surface area contributed by atoms with Crippen LogP contribution in [-0.2, 0) is 0 Å². The number of aromatic hydroxyl groups is 1. The maximum absolute atomic E-state index is 10.1. The molecule has 1 aromatic carbocycles. The number of hydrogen-bond acceptors (Lipinski definition) is 5. The Kier molecular flexibility index (Phi) is 6.10.